The molecule has 1 aromatic rings. The Morgan fingerprint density at radius 3 is 2.94 bits per heavy atom. The minimum atomic E-state index is 0. The lowest BCUT2D eigenvalue weighted by Gasteiger charge is -2.12. The van der Waals surface area contributed by atoms with Gasteiger partial charge in [-0.05, 0) is 13.0 Å². The van der Waals surface area contributed by atoms with E-state index in [-0.39, 0.29) is 30.0 Å². The minimum Gasteiger partial charge on any atom is -0.383 e. The highest BCUT2D eigenvalue weighted by molar-refractivity contribution is 14.0. The van der Waals surface area contributed by atoms with Crippen LogP contribution in [-0.4, -0.2) is 35.5 Å². The van der Waals surface area contributed by atoms with Crippen molar-refractivity contribution in [1.82, 2.24) is 15.1 Å². The van der Waals surface area contributed by atoms with Crippen molar-refractivity contribution < 1.29 is 4.74 Å². The molecule has 98 valence electrons. The predicted octanol–water partition coefficient (Wildman–Crippen LogP) is 0.477. The summed E-state index contributed by atoms with van der Waals surface area (Å²) in [7, 11) is 3.53. The summed E-state index contributed by atoms with van der Waals surface area (Å²) in [4.78, 5) is 4.22. The van der Waals surface area contributed by atoms with Gasteiger partial charge in [0, 0.05) is 26.4 Å². The number of aliphatic imine (C=N–C) groups is 1. The third kappa shape index (κ3) is 5.87. The van der Waals surface area contributed by atoms with E-state index in [1.807, 2.05) is 20.0 Å². The Kier molecular flexibility index (Phi) is 7.88. The van der Waals surface area contributed by atoms with E-state index in [1.165, 1.54) is 0 Å². The molecule has 7 heteroatoms. The Morgan fingerprint density at radius 1 is 1.71 bits per heavy atom. The zero-order valence-electron chi connectivity index (χ0n) is 10.4. The summed E-state index contributed by atoms with van der Waals surface area (Å²) in [5.74, 6) is 0.422. The normalized spacial score (nSPS) is 13.0. The number of hydrogen-bond acceptors (Lipinski definition) is 3. The quantitative estimate of drug-likeness (QED) is 0.459. The van der Waals surface area contributed by atoms with E-state index < -0.39 is 0 Å². The molecule has 0 aliphatic heterocycles. The second-order valence-corrected chi connectivity index (χ2v) is 3.65. The van der Waals surface area contributed by atoms with Gasteiger partial charge in [0.1, 0.15) is 0 Å². The van der Waals surface area contributed by atoms with Crippen LogP contribution in [0.4, 0.5) is 0 Å². The highest BCUT2D eigenvalue weighted by atomic mass is 127. The van der Waals surface area contributed by atoms with E-state index in [0.717, 1.165) is 5.69 Å². The fourth-order valence-electron chi connectivity index (χ4n) is 1.31. The first-order valence-corrected chi connectivity index (χ1v) is 5.15. The Bertz CT molecular complexity index is 352. The first-order chi connectivity index (χ1) is 7.63. The molecule has 1 unspecified atom stereocenters. The molecular weight excluding hydrogens is 333 g/mol. The van der Waals surface area contributed by atoms with Crippen molar-refractivity contribution in [1.29, 1.82) is 0 Å². The van der Waals surface area contributed by atoms with E-state index in [4.69, 9.17) is 10.5 Å². The zero-order chi connectivity index (χ0) is 12.0. The van der Waals surface area contributed by atoms with Crippen molar-refractivity contribution in [3.05, 3.63) is 18.0 Å². The van der Waals surface area contributed by atoms with E-state index >= 15 is 0 Å². The number of nitrogens with two attached hydrogens (primary N) is 1. The molecule has 0 spiro atoms. The third-order valence-corrected chi connectivity index (χ3v) is 2.14. The standard InChI is InChI=1S/C10H19N5O.HI/c1-8(7-16-3)14-10(11)12-6-9-4-5-13-15(9)2;/h4-5,8H,6-7H2,1-3H3,(H3,11,12,14);1H. The number of methoxy groups -OCH3 is 1. The molecule has 0 bridgehead atoms. The topological polar surface area (TPSA) is 77.5 Å². The number of rotatable bonds is 5. The van der Waals surface area contributed by atoms with Gasteiger partial charge in [0.15, 0.2) is 5.96 Å². The Hall–Kier alpha value is -0.830. The van der Waals surface area contributed by atoms with Crippen molar-refractivity contribution in [3.63, 3.8) is 0 Å². The predicted molar refractivity (Wildman–Crippen MR) is 78.4 cm³/mol. The molecule has 3 N–H and O–H groups in total. The summed E-state index contributed by atoms with van der Waals surface area (Å²) < 4.78 is 6.76. The average molecular weight is 353 g/mol. The molecule has 1 atom stereocenters. The van der Waals surface area contributed by atoms with Crippen molar-refractivity contribution in [3.8, 4) is 0 Å². The van der Waals surface area contributed by atoms with Crippen molar-refractivity contribution in [2.45, 2.75) is 19.5 Å². The number of halogens is 1. The first kappa shape index (κ1) is 16.2. The van der Waals surface area contributed by atoms with Gasteiger partial charge in [-0.1, -0.05) is 0 Å². The molecule has 1 heterocycles. The number of hydrogen-bond donors (Lipinski definition) is 2. The van der Waals surface area contributed by atoms with Crippen LogP contribution in [0.1, 0.15) is 12.6 Å². The van der Waals surface area contributed by atoms with Gasteiger partial charge in [0.05, 0.1) is 18.8 Å². The number of nitrogens with zero attached hydrogens (tertiary/aromatic N) is 3. The number of guanidine groups is 1. The largest absolute Gasteiger partial charge is 0.383 e. The van der Waals surface area contributed by atoms with Gasteiger partial charge in [-0.2, -0.15) is 5.10 Å². The number of aryl methyl sites for hydroxylation is 1. The highest BCUT2D eigenvalue weighted by Gasteiger charge is 2.02. The fourth-order valence-corrected chi connectivity index (χ4v) is 1.31. The van der Waals surface area contributed by atoms with Crippen LogP contribution in [-0.2, 0) is 18.3 Å². The van der Waals surface area contributed by atoms with Crippen LogP contribution >= 0.6 is 24.0 Å². The lowest BCUT2D eigenvalue weighted by Crippen LogP contribution is -2.40. The smallest absolute Gasteiger partial charge is 0.189 e. The van der Waals surface area contributed by atoms with E-state index in [9.17, 15) is 0 Å². The van der Waals surface area contributed by atoms with Gasteiger partial charge in [-0.3, -0.25) is 4.68 Å². The van der Waals surface area contributed by atoms with Crippen LogP contribution in [0.2, 0.25) is 0 Å². The molecule has 0 saturated carbocycles. The molecule has 0 radical (unpaired) electrons. The summed E-state index contributed by atoms with van der Waals surface area (Å²) in [6, 6.07) is 2.07. The number of nitrogens with one attached hydrogen (secondary N) is 1. The van der Waals surface area contributed by atoms with E-state index in [2.05, 4.69) is 15.4 Å². The summed E-state index contributed by atoms with van der Waals surface area (Å²) >= 11 is 0. The molecule has 1 aromatic heterocycles. The number of ether oxygens (including phenoxy) is 1. The number of aromatic nitrogens is 2. The van der Waals surface area contributed by atoms with Crippen LogP contribution < -0.4 is 11.1 Å². The molecule has 6 nitrogen and oxygen atoms in total. The molecule has 0 saturated heterocycles. The van der Waals surface area contributed by atoms with Gasteiger partial charge in [-0.25, -0.2) is 4.99 Å². The Labute approximate surface area is 119 Å². The molecule has 0 aromatic carbocycles. The van der Waals surface area contributed by atoms with E-state index in [0.29, 0.717) is 19.1 Å². The van der Waals surface area contributed by atoms with Gasteiger partial charge >= 0.3 is 0 Å². The van der Waals surface area contributed by atoms with Crippen LogP contribution in [0.3, 0.4) is 0 Å². The maximum absolute atomic E-state index is 5.73. The second-order valence-electron chi connectivity index (χ2n) is 3.65. The highest BCUT2D eigenvalue weighted by Crippen LogP contribution is 1.97. The molecular formula is C10H20IN5O. The zero-order valence-corrected chi connectivity index (χ0v) is 12.7. The lowest BCUT2D eigenvalue weighted by molar-refractivity contribution is 0.179. The van der Waals surface area contributed by atoms with Crippen LogP contribution in [0.15, 0.2) is 17.3 Å². The van der Waals surface area contributed by atoms with Gasteiger partial charge < -0.3 is 15.8 Å². The fraction of sp³-hybridized carbons (Fsp3) is 0.600. The molecule has 17 heavy (non-hydrogen) atoms. The Morgan fingerprint density at radius 2 is 2.41 bits per heavy atom. The molecule has 0 aliphatic carbocycles. The van der Waals surface area contributed by atoms with Crippen LogP contribution in [0.25, 0.3) is 0 Å². The molecule has 1 rings (SSSR count). The summed E-state index contributed by atoms with van der Waals surface area (Å²) in [6.07, 6.45) is 1.74. The summed E-state index contributed by atoms with van der Waals surface area (Å²) in [5, 5.41) is 7.09. The summed E-state index contributed by atoms with van der Waals surface area (Å²) in [5.41, 5.74) is 6.74. The first-order valence-electron chi connectivity index (χ1n) is 5.15. The molecule has 0 aliphatic rings. The average Bonchev–Trinajstić information content (AvgIpc) is 2.61. The third-order valence-electron chi connectivity index (χ3n) is 2.14. The van der Waals surface area contributed by atoms with Crippen molar-refractivity contribution >= 4 is 29.9 Å². The minimum absolute atomic E-state index is 0. The van der Waals surface area contributed by atoms with Crippen molar-refractivity contribution in [2.75, 3.05) is 13.7 Å². The monoisotopic (exact) mass is 353 g/mol. The molecule has 0 fully saturated rings. The second kappa shape index (κ2) is 8.29. The maximum atomic E-state index is 5.73. The van der Waals surface area contributed by atoms with Crippen molar-refractivity contribution in [2.24, 2.45) is 17.8 Å². The maximum Gasteiger partial charge on any atom is 0.189 e. The van der Waals surface area contributed by atoms with E-state index in [1.54, 1.807) is 18.0 Å². The molecule has 0 amide bonds. The van der Waals surface area contributed by atoms with Gasteiger partial charge in [0.25, 0.3) is 0 Å². The van der Waals surface area contributed by atoms with Gasteiger partial charge in [0.2, 0.25) is 0 Å². The van der Waals surface area contributed by atoms with Gasteiger partial charge in [-0.15, -0.1) is 24.0 Å². The Balaban J connectivity index is 0.00000256. The lowest BCUT2D eigenvalue weighted by atomic mass is 10.4. The summed E-state index contributed by atoms with van der Waals surface area (Å²) in [6.45, 7) is 3.10. The van der Waals surface area contributed by atoms with Crippen LogP contribution in [0, 0.1) is 0 Å². The SMILES string of the molecule is COCC(C)NC(N)=NCc1ccnn1C.I. The van der Waals surface area contributed by atoms with Crippen LogP contribution in [0.5, 0.6) is 0 Å².